The van der Waals surface area contributed by atoms with Gasteiger partial charge in [-0.15, -0.1) is 0 Å². The lowest BCUT2D eigenvalue weighted by Crippen LogP contribution is -2.29. The molecule has 0 bridgehead atoms. The molecule has 14 heteroatoms. The number of fused-ring (bicyclic) bond motifs is 10. The van der Waals surface area contributed by atoms with Crippen LogP contribution in [-0.2, 0) is 0 Å². The zero-order valence-electron chi connectivity index (χ0n) is 42.8. The van der Waals surface area contributed by atoms with Gasteiger partial charge in [-0.2, -0.15) is 0 Å². The quantitative estimate of drug-likeness (QED) is 0.0371. The summed E-state index contributed by atoms with van der Waals surface area (Å²) in [6.07, 6.45) is 0. The number of benzene rings is 9. The molecule has 0 aliphatic rings. The second kappa shape index (κ2) is 15.4. The van der Waals surface area contributed by atoms with E-state index in [0.29, 0.717) is 61.0 Å². The van der Waals surface area contributed by atoms with Crippen molar-refractivity contribution in [3.63, 3.8) is 0 Å². The Morgan fingerprint density at radius 1 is 0.500 bits per heavy atom. The summed E-state index contributed by atoms with van der Waals surface area (Å²) in [6, 6.07) is 35.6. The number of nitrogen functional groups attached to an aromatic ring is 1. The number of imidazole rings is 2. The molecule has 0 aliphatic carbocycles. The molecular formula is C60H52N6O6Si2. The fourth-order valence-corrected chi connectivity index (χ4v) is 13.2. The first-order valence-corrected chi connectivity index (χ1v) is 32.0. The van der Waals surface area contributed by atoms with Gasteiger partial charge in [0, 0.05) is 38.4 Å². The summed E-state index contributed by atoms with van der Waals surface area (Å²) < 4.78 is 16.2. The summed E-state index contributed by atoms with van der Waals surface area (Å²) in [6.45, 7) is 21.4. The monoisotopic (exact) mass is 1010 g/mol. The van der Waals surface area contributed by atoms with Crippen molar-refractivity contribution in [3.8, 4) is 33.8 Å². The first kappa shape index (κ1) is 45.6. The normalized spacial score (nSPS) is 13.0. The van der Waals surface area contributed by atoms with E-state index in [9.17, 15) is 10.1 Å². The molecule has 13 aromatic rings. The molecular weight excluding hydrogens is 957 g/mol. The van der Waals surface area contributed by atoms with E-state index in [1.54, 1.807) is 10.5 Å². The van der Waals surface area contributed by atoms with Gasteiger partial charge in [0.15, 0.2) is 5.52 Å². The maximum absolute atomic E-state index is 15.1. The van der Waals surface area contributed by atoms with E-state index in [2.05, 4.69) is 91.2 Å². The van der Waals surface area contributed by atoms with Gasteiger partial charge in [-0.05, 0) is 184 Å². The Labute approximate surface area is 426 Å². The van der Waals surface area contributed by atoms with Crippen molar-refractivity contribution in [2.75, 3.05) is 5.73 Å². The van der Waals surface area contributed by atoms with Crippen molar-refractivity contribution >= 4 is 126 Å². The van der Waals surface area contributed by atoms with E-state index >= 15 is 9.59 Å². The van der Waals surface area contributed by atoms with E-state index in [1.807, 2.05) is 78.9 Å². The number of nitrogens with zero attached hydrogens (tertiary/aromatic N) is 5. The van der Waals surface area contributed by atoms with Gasteiger partial charge in [0.25, 0.3) is 16.8 Å². The smallest absolute Gasteiger partial charge is 0.297 e. The third-order valence-corrected chi connectivity index (χ3v) is 16.4. The van der Waals surface area contributed by atoms with Gasteiger partial charge < -0.3 is 14.6 Å². The molecule has 0 aliphatic heterocycles. The molecule has 74 heavy (non-hydrogen) atoms. The molecule has 366 valence electrons. The lowest BCUT2D eigenvalue weighted by molar-refractivity contribution is -0.383. The molecule has 0 saturated carbocycles. The predicted octanol–water partition coefficient (Wildman–Crippen LogP) is 14.7. The minimum atomic E-state index is -2.00. The summed E-state index contributed by atoms with van der Waals surface area (Å²) in [5, 5.41) is 22.5. The number of nitrogens with two attached hydrogens (primary N) is 1. The van der Waals surface area contributed by atoms with Crippen LogP contribution in [0.4, 0.5) is 11.4 Å². The second-order valence-electron chi connectivity index (χ2n) is 22.7. The molecule has 2 N–H and O–H groups in total. The zero-order valence-corrected chi connectivity index (χ0v) is 44.8. The van der Waals surface area contributed by atoms with E-state index in [1.165, 1.54) is 4.40 Å². The highest BCUT2D eigenvalue weighted by molar-refractivity contribution is 6.70. The minimum Gasteiger partial charge on any atom is -0.544 e. The molecule has 0 fully saturated rings. The standard InChI is InChI=1S/C60H52N6O6Si2/c1-29(2)31-19-33(23-37(21-31)71-73(5,6)7)35-25-47(61)55-48(26-35)64-57(62-55)43-15-11-39-42-14-18-46-54-44(16-12-40(52(42)54)41-13-17-45(59(64)67)53(43)51(39)41)58-63-56-49(65(58)60(46)68)27-36(28-50(56)66(69)70)34-20-32(30(3)4)22-38(24-34)72-74(8,9)10/h11-30H,61H2,1-10H3. The highest BCUT2D eigenvalue weighted by Crippen LogP contribution is 2.47. The molecule has 4 heterocycles. The number of nitro groups is 1. The van der Waals surface area contributed by atoms with Gasteiger partial charge in [0.1, 0.15) is 28.3 Å². The molecule has 0 spiro atoms. The van der Waals surface area contributed by atoms with Gasteiger partial charge >= 0.3 is 0 Å². The summed E-state index contributed by atoms with van der Waals surface area (Å²) in [5.74, 6) is 1.97. The van der Waals surface area contributed by atoms with Crippen LogP contribution in [0.1, 0.15) is 50.7 Å². The van der Waals surface area contributed by atoms with E-state index < -0.39 is 21.6 Å². The van der Waals surface area contributed by atoms with Crippen LogP contribution >= 0.6 is 0 Å². The fraction of sp³-hybridized carbons (Fsp3) is 0.200. The highest BCUT2D eigenvalue weighted by Gasteiger charge is 2.28. The van der Waals surface area contributed by atoms with Crippen molar-refractivity contribution in [2.24, 2.45) is 0 Å². The van der Waals surface area contributed by atoms with Crippen LogP contribution in [0.5, 0.6) is 11.5 Å². The molecule has 12 nitrogen and oxygen atoms in total. The van der Waals surface area contributed by atoms with E-state index in [4.69, 9.17) is 24.6 Å². The number of non-ortho nitro benzene ring substituents is 1. The lowest BCUT2D eigenvalue weighted by Gasteiger charge is -2.21. The van der Waals surface area contributed by atoms with Crippen molar-refractivity contribution < 1.29 is 13.8 Å². The Morgan fingerprint density at radius 2 is 0.865 bits per heavy atom. The Balaban J connectivity index is 1.03. The van der Waals surface area contributed by atoms with E-state index in [0.717, 1.165) is 82.0 Å². The fourth-order valence-electron chi connectivity index (χ4n) is 11.5. The predicted molar refractivity (Wildman–Crippen MR) is 308 cm³/mol. The number of anilines is 1. The third kappa shape index (κ3) is 6.70. The number of pyridine rings is 2. The minimum absolute atomic E-state index is 0.137. The Bertz CT molecular complexity index is 4720. The molecule has 0 saturated heterocycles. The topological polar surface area (TPSA) is 156 Å². The summed E-state index contributed by atoms with van der Waals surface area (Å²) in [5.41, 5.74) is 14.5. The van der Waals surface area contributed by atoms with Crippen LogP contribution in [0.3, 0.4) is 0 Å². The second-order valence-corrected chi connectivity index (χ2v) is 31.5. The molecule has 0 amide bonds. The van der Waals surface area contributed by atoms with Gasteiger partial charge in [0.2, 0.25) is 16.6 Å². The third-order valence-electron chi connectivity index (χ3n) is 14.7. The summed E-state index contributed by atoms with van der Waals surface area (Å²) in [7, 11) is -3.93. The van der Waals surface area contributed by atoms with Crippen LogP contribution in [0.2, 0.25) is 39.3 Å². The molecule has 13 rings (SSSR count). The molecule has 4 aromatic heterocycles. The number of aromatic nitrogens is 4. The average Bonchev–Trinajstić information content (AvgIpc) is 3.93. The number of rotatable bonds is 9. The summed E-state index contributed by atoms with van der Waals surface area (Å²) >= 11 is 0. The van der Waals surface area contributed by atoms with E-state index in [-0.39, 0.29) is 34.2 Å². The van der Waals surface area contributed by atoms with Crippen LogP contribution < -0.4 is 25.7 Å². The van der Waals surface area contributed by atoms with Crippen LogP contribution in [0.25, 0.3) is 120 Å². The number of nitro benzene ring substituents is 1. The van der Waals surface area contributed by atoms with Crippen LogP contribution in [0, 0.1) is 10.1 Å². The van der Waals surface area contributed by atoms with Gasteiger partial charge in [0.05, 0.1) is 21.6 Å². The van der Waals surface area contributed by atoms with Crippen LogP contribution in [-0.4, -0.2) is 40.3 Å². The zero-order chi connectivity index (χ0) is 51.8. The van der Waals surface area contributed by atoms with Crippen molar-refractivity contribution in [1.29, 1.82) is 0 Å². The van der Waals surface area contributed by atoms with Crippen molar-refractivity contribution in [1.82, 2.24) is 18.8 Å². The lowest BCUT2D eigenvalue weighted by atomic mass is 9.86. The molecule has 0 atom stereocenters. The van der Waals surface area contributed by atoms with Crippen molar-refractivity contribution in [2.45, 2.75) is 78.8 Å². The maximum atomic E-state index is 15.1. The number of hydrogen-bond donors (Lipinski definition) is 1. The highest BCUT2D eigenvalue weighted by atomic mass is 28.4. The SMILES string of the molecule is CC(C)c1cc(O[Si](C)(C)C)cc(-c2cc(N)c3nc4c5ccc6c7ccc8c(=O)n9c%10cc(-c%11cc(O[Si](C)(C)C)cc(C(C)C)c%11)cc([N+](=O)[O-])c%10nc9c9ccc(c%10ccc(c(=O)n4c3c2)c5c6%10)c7c89)c1. The molecule has 0 radical (unpaired) electrons. The largest absolute Gasteiger partial charge is 0.544 e. The Kier molecular flexibility index (Phi) is 9.51. The first-order chi connectivity index (χ1) is 35.1. The molecule has 9 aromatic carbocycles. The van der Waals surface area contributed by atoms with Crippen molar-refractivity contribution in [3.05, 3.63) is 151 Å². The van der Waals surface area contributed by atoms with Gasteiger partial charge in [-0.1, -0.05) is 64.1 Å². The Morgan fingerprint density at radius 3 is 1.28 bits per heavy atom. The maximum Gasteiger partial charge on any atom is 0.297 e. The summed E-state index contributed by atoms with van der Waals surface area (Å²) in [4.78, 5) is 52.8. The van der Waals surface area contributed by atoms with Gasteiger partial charge in [-0.3, -0.25) is 28.5 Å². The van der Waals surface area contributed by atoms with Crippen LogP contribution in [0.15, 0.2) is 119 Å². The van der Waals surface area contributed by atoms with Gasteiger partial charge in [-0.25, -0.2) is 9.97 Å². The first-order valence-electron chi connectivity index (χ1n) is 25.1. The number of hydrogen-bond acceptors (Lipinski definition) is 9. The molecule has 0 unspecified atom stereocenters. The Hall–Kier alpha value is -8.21. The average molecular weight is 1010 g/mol.